The third kappa shape index (κ3) is 3.31. The van der Waals surface area contributed by atoms with Gasteiger partial charge in [0.25, 0.3) is 0 Å². The Balaban J connectivity index is 1.49. The zero-order chi connectivity index (χ0) is 27.1. The molecule has 200 valence electrons. The van der Waals surface area contributed by atoms with Crippen LogP contribution < -0.4 is 0 Å². The lowest BCUT2D eigenvalue weighted by Crippen LogP contribution is -2.55. The van der Waals surface area contributed by atoms with Crippen molar-refractivity contribution in [2.24, 2.45) is 29.1 Å². The summed E-state index contributed by atoms with van der Waals surface area (Å²) in [6.45, 7) is 7.22. The molecule has 1 heterocycles. The van der Waals surface area contributed by atoms with Crippen molar-refractivity contribution in [3.8, 4) is 5.75 Å². The smallest absolute Gasteiger partial charge is 0.233 e. The fourth-order valence-electron chi connectivity index (χ4n) is 8.54. The third-order valence-corrected chi connectivity index (χ3v) is 10.7. The van der Waals surface area contributed by atoms with E-state index in [1.54, 1.807) is 24.8 Å². The van der Waals surface area contributed by atoms with Crippen LogP contribution in [0.2, 0.25) is 0 Å². The molecule has 6 rings (SSSR count). The number of hydrogen-bond acceptors (Lipinski definition) is 5. The predicted molar refractivity (Wildman–Crippen MR) is 142 cm³/mol. The van der Waals surface area contributed by atoms with E-state index in [9.17, 15) is 24.3 Å². The van der Waals surface area contributed by atoms with Crippen molar-refractivity contribution in [1.82, 2.24) is 4.90 Å². The van der Waals surface area contributed by atoms with Crippen LogP contribution in [0.15, 0.2) is 41.0 Å². The summed E-state index contributed by atoms with van der Waals surface area (Å²) in [6, 6.07) is 5.38. The Hall–Kier alpha value is -3.02. The Morgan fingerprint density at radius 1 is 0.921 bits per heavy atom. The fourth-order valence-corrected chi connectivity index (χ4v) is 8.54. The Morgan fingerprint density at radius 2 is 1.63 bits per heavy atom. The number of amides is 2. The number of rotatable bonds is 2. The number of carbonyl (C=O) groups excluding carboxylic acids is 4. The summed E-state index contributed by atoms with van der Waals surface area (Å²) in [5, 5.41) is 10.3. The second-order valence-corrected chi connectivity index (χ2v) is 12.5. The second-order valence-electron chi connectivity index (χ2n) is 12.5. The van der Waals surface area contributed by atoms with Crippen molar-refractivity contribution >= 4 is 23.4 Å². The predicted octanol–water partition coefficient (Wildman–Crippen LogP) is 5.18. The van der Waals surface area contributed by atoms with Crippen molar-refractivity contribution in [3.63, 3.8) is 0 Å². The maximum atomic E-state index is 14.0. The van der Waals surface area contributed by atoms with Gasteiger partial charge in [0, 0.05) is 17.9 Å². The molecule has 1 aromatic rings. The molecule has 1 aromatic carbocycles. The van der Waals surface area contributed by atoms with Crippen LogP contribution in [0.3, 0.4) is 0 Å². The summed E-state index contributed by atoms with van der Waals surface area (Å²) in [4.78, 5) is 57.1. The first-order valence-electron chi connectivity index (χ1n) is 14.2. The molecule has 1 aliphatic heterocycles. The minimum absolute atomic E-state index is 0.0190. The van der Waals surface area contributed by atoms with Crippen molar-refractivity contribution in [2.45, 2.75) is 84.6 Å². The van der Waals surface area contributed by atoms with E-state index >= 15 is 0 Å². The van der Waals surface area contributed by atoms with Gasteiger partial charge >= 0.3 is 0 Å². The van der Waals surface area contributed by atoms with E-state index in [0.717, 1.165) is 43.2 Å². The molecule has 3 fully saturated rings. The average Bonchev–Trinajstić information content (AvgIpc) is 3.17. The van der Waals surface area contributed by atoms with Crippen LogP contribution in [-0.4, -0.2) is 39.4 Å². The van der Waals surface area contributed by atoms with E-state index in [1.807, 2.05) is 26.0 Å². The molecule has 1 N–H and O–H groups in total. The first kappa shape index (κ1) is 25.3. The van der Waals surface area contributed by atoms with E-state index < -0.39 is 29.1 Å². The van der Waals surface area contributed by atoms with Gasteiger partial charge in [-0.3, -0.25) is 24.1 Å². The zero-order valence-corrected chi connectivity index (χ0v) is 22.8. The number of Topliss-reactive ketones (excluding diaryl/α,β-unsaturated/α-hetero) is 2. The number of ketones is 2. The van der Waals surface area contributed by atoms with Crippen molar-refractivity contribution in [3.05, 3.63) is 52.1 Å². The number of allylic oxidation sites excluding steroid dienone is 4. The van der Waals surface area contributed by atoms with E-state index in [1.165, 1.54) is 0 Å². The van der Waals surface area contributed by atoms with E-state index in [-0.39, 0.29) is 41.1 Å². The average molecular weight is 516 g/mol. The van der Waals surface area contributed by atoms with Crippen LogP contribution in [0.1, 0.15) is 82.8 Å². The lowest BCUT2D eigenvalue weighted by Gasteiger charge is -2.54. The number of aromatic hydroxyl groups is 1. The van der Waals surface area contributed by atoms with Crippen LogP contribution in [-0.2, 0) is 19.2 Å². The Kier molecular flexibility index (Phi) is 5.82. The number of aryl methyl sites for hydroxylation is 1. The molecule has 5 aliphatic rings. The molecule has 1 saturated heterocycles. The highest BCUT2D eigenvalue weighted by Crippen LogP contribution is 2.63. The first-order valence-corrected chi connectivity index (χ1v) is 14.2. The van der Waals surface area contributed by atoms with Gasteiger partial charge in [0.2, 0.25) is 11.8 Å². The minimum atomic E-state index is -0.992. The van der Waals surface area contributed by atoms with Crippen LogP contribution >= 0.6 is 0 Å². The number of phenolic OH excluding ortho intramolecular Hbond substituents is 1. The highest BCUT2D eigenvalue weighted by atomic mass is 16.3. The summed E-state index contributed by atoms with van der Waals surface area (Å²) in [5.74, 6) is -2.10. The number of phenols is 1. The lowest BCUT2D eigenvalue weighted by atomic mass is 9.46. The molecule has 6 atom stereocenters. The number of nitrogens with zero attached hydrogens (tertiary/aromatic N) is 1. The molecular formula is C32H37NO5. The molecule has 0 aromatic heterocycles. The zero-order valence-electron chi connectivity index (χ0n) is 22.8. The van der Waals surface area contributed by atoms with E-state index in [2.05, 4.69) is 6.08 Å². The highest BCUT2D eigenvalue weighted by molar-refractivity contribution is 6.16. The van der Waals surface area contributed by atoms with Gasteiger partial charge in [-0.25, -0.2) is 0 Å². The van der Waals surface area contributed by atoms with Crippen molar-refractivity contribution in [1.29, 1.82) is 0 Å². The van der Waals surface area contributed by atoms with Gasteiger partial charge in [-0.15, -0.1) is 0 Å². The largest absolute Gasteiger partial charge is 0.508 e. The molecule has 4 aliphatic carbocycles. The number of likely N-dealkylation sites (tertiary alicyclic amines) is 1. The summed E-state index contributed by atoms with van der Waals surface area (Å²) in [7, 11) is 0. The monoisotopic (exact) mass is 515 g/mol. The van der Waals surface area contributed by atoms with Gasteiger partial charge in [0.1, 0.15) is 5.75 Å². The standard InChI is InChI=1S/C32H37NO5/c1-16-14-19(10-13-25(16)34)27-21-11-12-22-26(31(38)33(30(22)37)20-8-6-5-7-9-20)23(21)15-24-28(35)17(2)18(3)29(36)32(24,27)4/h10-11,13-14,20,22-24,26-27,34H,5-9,12,15H2,1-4H3/t22-,23+,24-,26-,27-,32+/m0/s1. The molecule has 2 saturated carbocycles. The number of benzene rings is 1. The molecule has 0 bridgehead atoms. The summed E-state index contributed by atoms with van der Waals surface area (Å²) in [5.41, 5.74) is 2.61. The van der Waals surface area contributed by atoms with Gasteiger partial charge in [-0.05, 0) is 80.7 Å². The van der Waals surface area contributed by atoms with Gasteiger partial charge in [0.05, 0.1) is 17.3 Å². The lowest BCUT2D eigenvalue weighted by molar-refractivity contribution is -0.144. The molecule has 6 nitrogen and oxygen atoms in total. The maximum absolute atomic E-state index is 14.0. The van der Waals surface area contributed by atoms with Crippen molar-refractivity contribution in [2.75, 3.05) is 0 Å². The number of fused-ring (bicyclic) bond motifs is 4. The highest BCUT2D eigenvalue weighted by Gasteiger charge is 2.64. The van der Waals surface area contributed by atoms with Gasteiger partial charge < -0.3 is 5.11 Å². The number of hydrogen-bond donors (Lipinski definition) is 1. The molecule has 6 heteroatoms. The van der Waals surface area contributed by atoms with E-state index in [0.29, 0.717) is 29.6 Å². The molecule has 2 amide bonds. The fraction of sp³-hybridized carbons (Fsp3) is 0.562. The Morgan fingerprint density at radius 3 is 2.32 bits per heavy atom. The maximum Gasteiger partial charge on any atom is 0.233 e. The van der Waals surface area contributed by atoms with Crippen molar-refractivity contribution < 1.29 is 24.3 Å². The Bertz CT molecular complexity index is 1330. The number of imide groups is 1. The first-order chi connectivity index (χ1) is 18.1. The molecule has 0 radical (unpaired) electrons. The third-order valence-electron chi connectivity index (χ3n) is 10.7. The van der Waals surface area contributed by atoms with Gasteiger partial charge in [-0.2, -0.15) is 0 Å². The molecule has 38 heavy (non-hydrogen) atoms. The SMILES string of the molecule is CC1=C(C)C(=O)[C@@]2(C)[C@@H](c3ccc(O)c(C)c3)C3=CC[C@@H]4C(=O)N(C5CCCCC5)C(=O)[C@@H]4[C@@H]3C[C@H]2C1=O. The van der Waals surface area contributed by atoms with Crippen LogP contribution in [0.4, 0.5) is 0 Å². The summed E-state index contributed by atoms with van der Waals surface area (Å²) < 4.78 is 0. The van der Waals surface area contributed by atoms with Gasteiger partial charge in [0.15, 0.2) is 11.6 Å². The molecular weight excluding hydrogens is 478 g/mol. The number of carbonyl (C=O) groups is 4. The second kappa shape index (κ2) is 8.75. The van der Waals surface area contributed by atoms with Crippen LogP contribution in [0, 0.1) is 36.0 Å². The molecule has 0 spiro atoms. The quantitative estimate of drug-likeness (QED) is 0.433. The van der Waals surface area contributed by atoms with Gasteiger partial charge in [-0.1, -0.05) is 50.0 Å². The van der Waals surface area contributed by atoms with Crippen LogP contribution in [0.25, 0.3) is 0 Å². The molecule has 0 unspecified atom stereocenters. The Labute approximate surface area is 224 Å². The normalized spacial score (nSPS) is 35.7. The summed E-state index contributed by atoms with van der Waals surface area (Å²) >= 11 is 0. The minimum Gasteiger partial charge on any atom is -0.508 e. The topological polar surface area (TPSA) is 91.8 Å². The van der Waals surface area contributed by atoms with Crippen LogP contribution in [0.5, 0.6) is 5.75 Å². The van der Waals surface area contributed by atoms with E-state index in [4.69, 9.17) is 0 Å². The summed E-state index contributed by atoms with van der Waals surface area (Å²) in [6.07, 6.45) is 7.95.